The highest BCUT2D eigenvalue weighted by molar-refractivity contribution is 7.17. The average Bonchev–Trinajstić information content (AvgIpc) is 3.01. The molecule has 1 N–H and O–H groups in total. The van der Waals surface area contributed by atoms with Crippen LogP contribution in [0.4, 0.5) is 18.0 Å². The van der Waals surface area contributed by atoms with E-state index in [1.807, 2.05) is 0 Å². The summed E-state index contributed by atoms with van der Waals surface area (Å²) in [7, 11) is 0. The molecule has 2 aromatic heterocycles. The van der Waals surface area contributed by atoms with E-state index in [9.17, 15) is 18.0 Å². The van der Waals surface area contributed by atoms with Crippen LogP contribution in [0.3, 0.4) is 0 Å². The minimum atomic E-state index is -4.31. The third kappa shape index (κ3) is 2.90. The van der Waals surface area contributed by atoms with Crippen LogP contribution in [0.2, 0.25) is 0 Å². The molecule has 2 aromatic rings. The quantitative estimate of drug-likeness (QED) is 0.915. The number of alkyl halides is 3. The predicted molar refractivity (Wildman–Crippen MR) is 75.2 cm³/mol. The van der Waals surface area contributed by atoms with Crippen molar-refractivity contribution in [3.63, 3.8) is 0 Å². The van der Waals surface area contributed by atoms with Crippen molar-refractivity contribution in [3.05, 3.63) is 17.1 Å². The topological polar surface area (TPSA) is 58.4 Å². The summed E-state index contributed by atoms with van der Waals surface area (Å²) >= 11 is 1.38. The largest absolute Gasteiger partial charge is 0.465 e. The molecule has 0 bridgehead atoms. The van der Waals surface area contributed by atoms with Crippen LogP contribution in [0.1, 0.15) is 24.5 Å². The van der Waals surface area contributed by atoms with Crippen molar-refractivity contribution in [2.45, 2.75) is 31.5 Å². The zero-order chi connectivity index (χ0) is 15.9. The van der Waals surface area contributed by atoms with Crippen LogP contribution in [-0.4, -0.2) is 45.1 Å². The fraction of sp³-hybridized carbons (Fsp3) is 0.538. The lowest BCUT2D eigenvalue weighted by atomic mass is 9.94. The van der Waals surface area contributed by atoms with E-state index in [-0.39, 0.29) is 5.92 Å². The van der Waals surface area contributed by atoms with Gasteiger partial charge in [0.2, 0.25) is 0 Å². The second-order valence-electron chi connectivity index (χ2n) is 5.34. The zero-order valence-electron chi connectivity index (χ0n) is 11.5. The van der Waals surface area contributed by atoms with Gasteiger partial charge in [-0.1, -0.05) is 0 Å². The fourth-order valence-electron chi connectivity index (χ4n) is 2.83. The average molecular weight is 333 g/mol. The van der Waals surface area contributed by atoms with Crippen LogP contribution in [0, 0.1) is 0 Å². The fourth-order valence-corrected chi connectivity index (χ4v) is 3.78. The van der Waals surface area contributed by atoms with Gasteiger partial charge in [0.1, 0.15) is 6.54 Å². The van der Waals surface area contributed by atoms with Crippen LogP contribution in [0.25, 0.3) is 10.2 Å². The van der Waals surface area contributed by atoms with Crippen LogP contribution in [0.5, 0.6) is 0 Å². The summed E-state index contributed by atoms with van der Waals surface area (Å²) in [5.74, 6) is 0.00577. The molecular weight excluding hydrogens is 319 g/mol. The van der Waals surface area contributed by atoms with E-state index < -0.39 is 18.8 Å². The van der Waals surface area contributed by atoms with Gasteiger partial charge in [0.05, 0.1) is 15.9 Å². The second kappa shape index (κ2) is 5.45. The van der Waals surface area contributed by atoms with Gasteiger partial charge in [-0.3, -0.25) is 4.68 Å². The number of halogens is 3. The summed E-state index contributed by atoms with van der Waals surface area (Å²) in [4.78, 5) is 12.2. The summed E-state index contributed by atoms with van der Waals surface area (Å²) in [5.41, 5.74) is 1.16. The minimum Gasteiger partial charge on any atom is -0.465 e. The highest BCUT2D eigenvalue weighted by Crippen LogP contribution is 2.36. The molecule has 0 radical (unpaired) electrons. The normalized spacial score (nSPS) is 17.3. The lowest BCUT2D eigenvalue weighted by molar-refractivity contribution is -0.141. The molecular formula is C13H14F3N3O2S. The van der Waals surface area contributed by atoms with Gasteiger partial charge in [0.15, 0.2) is 0 Å². The lowest BCUT2D eigenvalue weighted by Gasteiger charge is -2.29. The third-order valence-corrected chi connectivity index (χ3v) is 4.79. The van der Waals surface area contributed by atoms with Crippen molar-refractivity contribution in [2.75, 3.05) is 13.1 Å². The maximum atomic E-state index is 12.6. The number of hydrogen-bond donors (Lipinski definition) is 1. The Kier molecular flexibility index (Phi) is 3.75. The maximum absolute atomic E-state index is 12.6. The van der Waals surface area contributed by atoms with Crippen molar-refractivity contribution >= 4 is 27.6 Å². The Morgan fingerprint density at radius 1 is 1.41 bits per heavy atom. The molecule has 0 unspecified atom stereocenters. The zero-order valence-corrected chi connectivity index (χ0v) is 12.3. The summed E-state index contributed by atoms with van der Waals surface area (Å²) in [6, 6.07) is 1.65. The SMILES string of the molecule is O=C(O)N1CCC(c2nn(CC(F)(F)F)c3ccsc23)CC1. The number of likely N-dealkylation sites (tertiary alicyclic amines) is 1. The van der Waals surface area contributed by atoms with E-state index >= 15 is 0 Å². The molecule has 1 aliphatic heterocycles. The van der Waals surface area contributed by atoms with Gasteiger partial charge in [-0.05, 0) is 24.3 Å². The molecule has 0 saturated carbocycles. The molecule has 5 nitrogen and oxygen atoms in total. The van der Waals surface area contributed by atoms with Gasteiger partial charge in [-0.15, -0.1) is 11.3 Å². The molecule has 22 heavy (non-hydrogen) atoms. The number of aromatic nitrogens is 2. The number of carboxylic acid groups (broad SMARTS) is 1. The van der Waals surface area contributed by atoms with Crippen LogP contribution >= 0.6 is 11.3 Å². The van der Waals surface area contributed by atoms with Crippen molar-refractivity contribution in [1.29, 1.82) is 0 Å². The van der Waals surface area contributed by atoms with E-state index in [0.717, 1.165) is 9.38 Å². The van der Waals surface area contributed by atoms with Gasteiger partial charge in [-0.25, -0.2) is 4.79 Å². The summed E-state index contributed by atoms with van der Waals surface area (Å²) < 4.78 is 39.7. The number of rotatable bonds is 2. The molecule has 1 fully saturated rings. The Morgan fingerprint density at radius 3 is 2.68 bits per heavy atom. The third-order valence-electron chi connectivity index (χ3n) is 3.86. The highest BCUT2D eigenvalue weighted by Gasteiger charge is 2.32. The molecule has 0 spiro atoms. The van der Waals surface area contributed by atoms with Crippen LogP contribution in [0.15, 0.2) is 11.4 Å². The number of amides is 1. The molecule has 120 valence electrons. The molecule has 1 saturated heterocycles. The maximum Gasteiger partial charge on any atom is 0.408 e. The molecule has 3 rings (SSSR count). The smallest absolute Gasteiger partial charge is 0.408 e. The van der Waals surface area contributed by atoms with E-state index in [0.29, 0.717) is 37.1 Å². The Bertz CT molecular complexity index is 686. The first-order chi connectivity index (χ1) is 10.3. The van der Waals surface area contributed by atoms with E-state index in [1.165, 1.54) is 16.2 Å². The first-order valence-corrected chi connectivity index (χ1v) is 7.71. The molecule has 0 aliphatic carbocycles. The first-order valence-electron chi connectivity index (χ1n) is 6.83. The number of hydrogen-bond acceptors (Lipinski definition) is 3. The number of nitrogens with zero attached hydrogens (tertiary/aromatic N) is 3. The predicted octanol–water partition coefficient (Wildman–Crippen LogP) is 3.52. The van der Waals surface area contributed by atoms with E-state index in [2.05, 4.69) is 5.10 Å². The molecule has 1 amide bonds. The Morgan fingerprint density at radius 2 is 2.09 bits per heavy atom. The Balaban J connectivity index is 1.86. The lowest BCUT2D eigenvalue weighted by Crippen LogP contribution is -2.36. The molecule has 0 atom stereocenters. The summed E-state index contributed by atoms with van der Waals surface area (Å²) in [6.07, 6.45) is -4.10. The van der Waals surface area contributed by atoms with Crippen molar-refractivity contribution in [3.8, 4) is 0 Å². The summed E-state index contributed by atoms with van der Waals surface area (Å²) in [6.45, 7) is -0.327. The first kappa shape index (κ1) is 15.1. The number of fused-ring (bicyclic) bond motifs is 1. The number of thiophene rings is 1. The van der Waals surface area contributed by atoms with Gasteiger partial charge < -0.3 is 10.0 Å². The molecule has 1 aliphatic rings. The number of piperidine rings is 1. The highest BCUT2D eigenvalue weighted by atomic mass is 32.1. The van der Waals surface area contributed by atoms with Crippen molar-refractivity contribution in [1.82, 2.24) is 14.7 Å². The van der Waals surface area contributed by atoms with Gasteiger partial charge >= 0.3 is 12.3 Å². The minimum absolute atomic E-state index is 0.00577. The standard InChI is InChI=1S/C13H14F3N3O2S/c14-13(15,16)7-19-9-3-6-22-11(9)10(17-19)8-1-4-18(5-2-8)12(20)21/h3,6,8H,1-2,4-5,7H2,(H,20,21). The van der Waals surface area contributed by atoms with Gasteiger partial charge in [0, 0.05) is 19.0 Å². The van der Waals surface area contributed by atoms with Crippen molar-refractivity contribution in [2.24, 2.45) is 0 Å². The van der Waals surface area contributed by atoms with Crippen LogP contribution < -0.4 is 0 Å². The Labute approximate surface area is 127 Å². The van der Waals surface area contributed by atoms with Crippen molar-refractivity contribution < 1.29 is 23.1 Å². The van der Waals surface area contributed by atoms with E-state index in [4.69, 9.17) is 5.11 Å². The number of carbonyl (C=O) groups is 1. The summed E-state index contributed by atoms with van der Waals surface area (Å²) in [5, 5.41) is 14.9. The molecule has 9 heteroatoms. The Hall–Kier alpha value is -1.77. The van der Waals surface area contributed by atoms with Gasteiger partial charge in [0.25, 0.3) is 0 Å². The monoisotopic (exact) mass is 333 g/mol. The van der Waals surface area contributed by atoms with E-state index in [1.54, 1.807) is 11.4 Å². The van der Waals surface area contributed by atoms with Gasteiger partial charge in [-0.2, -0.15) is 18.3 Å². The molecule has 0 aromatic carbocycles. The molecule has 3 heterocycles. The second-order valence-corrected chi connectivity index (χ2v) is 6.25. The van der Waals surface area contributed by atoms with Crippen LogP contribution in [-0.2, 0) is 6.54 Å².